The number of carbonyl (C=O) groups excluding carboxylic acids is 2. The summed E-state index contributed by atoms with van der Waals surface area (Å²) >= 11 is 9.11. The van der Waals surface area contributed by atoms with Gasteiger partial charge in [-0.15, -0.1) is 0 Å². The quantitative estimate of drug-likeness (QED) is 0.564. The van der Waals surface area contributed by atoms with Gasteiger partial charge in [-0.1, -0.05) is 11.6 Å². The van der Waals surface area contributed by atoms with Crippen molar-refractivity contribution in [3.63, 3.8) is 0 Å². The highest BCUT2D eigenvalue weighted by Crippen LogP contribution is 2.27. The van der Waals surface area contributed by atoms with Crippen LogP contribution in [0.25, 0.3) is 0 Å². The molecule has 2 aromatic carbocycles. The molecule has 0 radical (unpaired) electrons. The van der Waals surface area contributed by atoms with Crippen LogP contribution in [0.3, 0.4) is 0 Å². The number of esters is 2. The molecule has 0 saturated carbocycles. The lowest BCUT2D eigenvalue weighted by Crippen LogP contribution is -2.17. The number of carbonyl (C=O) groups is 2. The summed E-state index contributed by atoms with van der Waals surface area (Å²) in [7, 11) is 1.29. The summed E-state index contributed by atoms with van der Waals surface area (Å²) in [5.41, 5.74) is 0.369. The largest absolute Gasteiger partial charge is 0.481 e. The van der Waals surface area contributed by atoms with E-state index in [1.165, 1.54) is 31.4 Å². The van der Waals surface area contributed by atoms with Crippen LogP contribution >= 0.6 is 27.5 Å². The van der Waals surface area contributed by atoms with Crippen LogP contribution in [0, 0.1) is 0 Å². The molecule has 0 aromatic heterocycles. The van der Waals surface area contributed by atoms with Gasteiger partial charge in [0, 0.05) is 5.02 Å². The normalized spacial score (nSPS) is 10.0. The number of methoxy groups -OCH3 is 1. The maximum absolute atomic E-state index is 11.8. The molecule has 0 aliphatic heterocycles. The van der Waals surface area contributed by atoms with E-state index >= 15 is 0 Å². The smallest absolute Gasteiger partial charge is 0.349 e. The molecule has 0 spiro atoms. The monoisotopic (exact) mass is 398 g/mol. The van der Waals surface area contributed by atoms with E-state index in [0.717, 1.165) is 0 Å². The summed E-state index contributed by atoms with van der Waals surface area (Å²) in [6, 6.07) is 11.0. The number of ether oxygens (including phenoxy) is 3. The summed E-state index contributed by atoms with van der Waals surface area (Å²) < 4.78 is 15.7. The second kappa shape index (κ2) is 7.99. The SMILES string of the molecule is COC(=O)c1ccc(OC(=O)COc2ccc(Cl)cc2Br)cc1. The Morgan fingerprint density at radius 3 is 2.43 bits per heavy atom. The Kier molecular flexibility index (Phi) is 6.01. The molecular weight excluding hydrogens is 388 g/mol. The second-order valence-corrected chi connectivity index (χ2v) is 5.64. The van der Waals surface area contributed by atoms with E-state index in [9.17, 15) is 9.59 Å². The second-order valence-electron chi connectivity index (χ2n) is 4.35. The highest BCUT2D eigenvalue weighted by atomic mass is 79.9. The van der Waals surface area contributed by atoms with Crippen molar-refractivity contribution in [2.24, 2.45) is 0 Å². The molecule has 0 N–H and O–H groups in total. The standard InChI is InChI=1S/C16H12BrClO5/c1-21-16(20)10-2-5-12(6-3-10)23-15(19)9-22-14-7-4-11(18)8-13(14)17/h2-8H,9H2,1H3. The van der Waals surface area contributed by atoms with Gasteiger partial charge < -0.3 is 14.2 Å². The zero-order valence-corrected chi connectivity index (χ0v) is 14.4. The molecule has 0 aliphatic carbocycles. The van der Waals surface area contributed by atoms with Crippen LogP contribution in [0.4, 0.5) is 0 Å². The van der Waals surface area contributed by atoms with Crippen molar-refractivity contribution >= 4 is 39.5 Å². The van der Waals surface area contributed by atoms with Crippen molar-refractivity contribution in [2.45, 2.75) is 0 Å². The lowest BCUT2D eigenvalue weighted by Gasteiger charge is -2.08. The fourth-order valence-corrected chi connectivity index (χ4v) is 2.46. The summed E-state index contributed by atoms with van der Waals surface area (Å²) in [4.78, 5) is 23.1. The highest BCUT2D eigenvalue weighted by Gasteiger charge is 2.10. The van der Waals surface area contributed by atoms with Gasteiger partial charge in [-0.25, -0.2) is 9.59 Å². The van der Waals surface area contributed by atoms with Gasteiger partial charge in [0.1, 0.15) is 11.5 Å². The van der Waals surface area contributed by atoms with Gasteiger partial charge in [0.25, 0.3) is 0 Å². The molecule has 2 rings (SSSR count). The van der Waals surface area contributed by atoms with Crippen molar-refractivity contribution in [3.05, 3.63) is 57.5 Å². The highest BCUT2D eigenvalue weighted by molar-refractivity contribution is 9.10. The summed E-state index contributed by atoms with van der Waals surface area (Å²) in [5.74, 6) is -0.245. The van der Waals surface area contributed by atoms with E-state index in [2.05, 4.69) is 20.7 Å². The average Bonchev–Trinajstić information content (AvgIpc) is 2.54. The predicted molar refractivity (Wildman–Crippen MR) is 88.1 cm³/mol. The Bertz CT molecular complexity index is 715. The van der Waals surface area contributed by atoms with Crippen LogP contribution in [0.1, 0.15) is 10.4 Å². The molecule has 0 amide bonds. The van der Waals surface area contributed by atoms with Crippen molar-refractivity contribution in [1.29, 1.82) is 0 Å². The van der Waals surface area contributed by atoms with Crippen molar-refractivity contribution in [1.82, 2.24) is 0 Å². The number of hydrogen-bond acceptors (Lipinski definition) is 5. The van der Waals surface area contributed by atoms with Crippen LogP contribution < -0.4 is 9.47 Å². The topological polar surface area (TPSA) is 61.8 Å². The van der Waals surface area contributed by atoms with Gasteiger partial charge in [0.2, 0.25) is 0 Å². The van der Waals surface area contributed by atoms with Crippen LogP contribution in [0.2, 0.25) is 5.02 Å². The molecule has 0 fully saturated rings. The lowest BCUT2D eigenvalue weighted by atomic mass is 10.2. The molecule has 0 saturated heterocycles. The van der Waals surface area contributed by atoms with Gasteiger partial charge in [-0.3, -0.25) is 0 Å². The molecule has 0 unspecified atom stereocenters. The molecule has 5 nitrogen and oxygen atoms in total. The molecule has 120 valence electrons. The van der Waals surface area contributed by atoms with Gasteiger partial charge in [0.05, 0.1) is 17.1 Å². The van der Waals surface area contributed by atoms with Gasteiger partial charge in [-0.05, 0) is 58.4 Å². The number of rotatable bonds is 5. The Morgan fingerprint density at radius 1 is 1.13 bits per heavy atom. The minimum absolute atomic E-state index is 0.265. The fourth-order valence-electron chi connectivity index (χ4n) is 1.67. The Balaban J connectivity index is 1.90. The Morgan fingerprint density at radius 2 is 1.83 bits per heavy atom. The minimum atomic E-state index is -0.572. The first-order valence-electron chi connectivity index (χ1n) is 6.46. The fraction of sp³-hybridized carbons (Fsp3) is 0.125. The van der Waals surface area contributed by atoms with Gasteiger partial charge >= 0.3 is 11.9 Å². The Hall–Kier alpha value is -2.05. The first kappa shape index (κ1) is 17.3. The zero-order valence-electron chi connectivity index (χ0n) is 12.0. The first-order valence-corrected chi connectivity index (χ1v) is 7.63. The van der Waals surface area contributed by atoms with Crippen LogP contribution in [0.15, 0.2) is 46.9 Å². The van der Waals surface area contributed by atoms with E-state index in [4.69, 9.17) is 21.1 Å². The van der Waals surface area contributed by atoms with Crippen LogP contribution in [-0.4, -0.2) is 25.7 Å². The van der Waals surface area contributed by atoms with Crippen molar-refractivity contribution in [3.8, 4) is 11.5 Å². The van der Waals surface area contributed by atoms with Crippen molar-refractivity contribution in [2.75, 3.05) is 13.7 Å². The van der Waals surface area contributed by atoms with Crippen LogP contribution in [0.5, 0.6) is 11.5 Å². The maximum atomic E-state index is 11.8. The molecule has 2 aromatic rings. The summed E-state index contributed by atoms with van der Waals surface area (Å²) in [6.07, 6.45) is 0. The number of hydrogen-bond donors (Lipinski definition) is 0. The maximum Gasteiger partial charge on any atom is 0.349 e. The Labute approximate surface area is 146 Å². The van der Waals surface area contributed by atoms with E-state index < -0.39 is 11.9 Å². The zero-order chi connectivity index (χ0) is 16.8. The molecule has 0 heterocycles. The molecule has 23 heavy (non-hydrogen) atoms. The summed E-state index contributed by atoms with van der Waals surface area (Å²) in [6.45, 7) is -0.265. The third-order valence-corrected chi connectivity index (χ3v) is 3.60. The third kappa shape index (κ3) is 4.97. The van der Waals surface area contributed by atoms with Crippen molar-refractivity contribution < 1.29 is 23.8 Å². The average molecular weight is 400 g/mol. The van der Waals surface area contributed by atoms with E-state index in [1.54, 1.807) is 18.2 Å². The molecule has 0 aliphatic rings. The molecule has 7 heteroatoms. The molecule has 0 bridgehead atoms. The summed E-state index contributed by atoms with van der Waals surface area (Å²) in [5, 5.41) is 0.553. The van der Waals surface area contributed by atoms with E-state index in [0.29, 0.717) is 26.6 Å². The first-order chi connectivity index (χ1) is 11.0. The van der Waals surface area contributed by atoms with Gasteiger partial charge in [-0.2, -0.15) is 0 Å². The lowest BCUT2D eigenvalue weighted by molar-refractivity contribution is -0.136. The van der Waals surface area contributed by atoms with Gasteiger partial charge in [0.15, 0.2) is 6.61 Å². The molecule has 0 atom stereocenters. The van der Waals surface area contributed by atoms with E-state index in [-0.39, 0.29) is 6.61 Å². The predicted octanol–water partition coefficient (Wildman–Crippen LogP) is 3.87. The number of halogens is 2. The van der Waals surface area contributed by atoms with E-state index in [1.807, 2.05) is 0 Å². The minimum Gasteiger partial charge on any atom is -0.481 e. The molecular formula is C16H12BrClO5. The number of benzene rings is 2. The van der Waals surface area contributed by atoms with Crippen LogP contribution in [-0.2, 0) is 9.53 Å². The third-order valence-electron chi connectivity index (χ3n) is 2.75.